The van der Waals surface area contributed by atoms with Gasteiger partial charge >= 0.3 is 0 Å². The SMILES string of the molecule is c1ccc(CCON2CCCCC2)cc1. The molecule has 15 heavy (non-hydrogen) atoms. The van der Waals surface area contributed by atoms with Crippen LogP contribution < -0.4 is 0 Å². The Bertz CT molecular complexity index is 267. The average molecular weight is 205 g/mol. The van der Waals surface area contributed by atoms with Gasteiger partial charge in [-0.1, -0.05) is 36.8 Å². The lowest BCUT2D eigenvalue weighted by Crippen LogP contribution is -2.30. The molecule has 0 spiro atoms. The monoisotopic (exact) mass is 205 g/mol. The zero-order chi connectivity index (χ0) is 10.3. The topological polar surface area (TPSA) is 12.5 Å². The van der Waals surface area contributed by atoms with Gasteiger partial charge < -0.3 is 0 Å². The Labute approximate surface area is 91.8 Å². The second kappa shape index (κ2) is 5.89. The van der Waals surface area contributed by atoms with Crippen LogP contribution in [-0.4, -0.2) is 24.8 Å². The van der Waals surface area contributed by atoms with Gasteiger partial charge in [0.2, 0.25) is 0 Å². The molecule has 0 aromatic heterocycles. The van der Waals surface area contributed by atoms with E-state index in [0.717, 1.165) is 26.1 Å². The van der Waals surface area contributed by atoms with Gasteiger partial charge in [-0.25, -0.2) is 0 Å². The second-order valence-electron chi connectivity index (χ2n) is 4.06. The van der Waals surface area contributed by atoms with E-state index >= 15 is 0 Å². The average Bonchev–Trinajstić information content (AvgIpc) is 2.32. The molecule has 1 aliphatic rings. The van der Waals surface area contributed by atoms with Gasteiger partial charge in [-0.2, -0.15) is 5.06 Å². The van der Waals surface area contributed by atoms with Crippen molar-refractivity contribution < 1.29 is 4.84 Å². The highest BCUT2D eigenvalue weighted by Crippen LogP contribution is 2.09. The third kappa shape index (κ3) is 3.65. The van der Waals surface area contributed by atoms with Crippen LogP contribution >= 0.6 is 0 Å². The first-order chi connectivity index (χ1) is 7.45. The van der Waals surface area contributed by atoms with Gasteiger partial charge in [0.1, 0.15) is 0 Å². The largest absolute Gasteiger partial charge is 0.299 e. The standard InChI is InChI=1S/C13H19NO/c1-3-7-13(8-4-1)9-12-15-14-10-5-2-6-11-14/h1,3-4,7-8H,2,5-6,9-12H2. The highest BCUT2D eigenvalue weighted by molar-refractivity contribution is 5.14. The van der Waals surface area contributed by atoms with E-state index in [1.54, 1.807) is 0 Å². The number of hydrogen-bond donors (Lipinski definition) is 0. The molecule has 1 aromatic rings. The number of hydroxylamine groups is 2. The minimum absolute atomic E-state index is 0.810. The fourth-order valence-corrected chi connectivity index (χ4v) is 1.93. The van der Waals surface area contributed by atoms with Gasteiger partial charge in [0, 0.05) is 13.1 Å². The summed E-state index contributed by atoms with van der Waals surface area (Å²) in [6.45, 7) is 3.02. The van der Waals surface area contributed by atoms with Crippen molar-refractivity contribution in [2.45, 2.75) is 25.7 Å². The highest BCUT2D eigenvalue weighted by Gasteiger charge is 2.09. The molecule has 0 saturated carbocycles. The van der Waals surface area contributed by atoms with Crippen molar-refractivity contribution in [1.29, 1.82) is 0 Å². The maximum Gasteiger partial charge on any atom is 0.0725 e. The van der Waals surface area contributed by atoms with Crippen LogP contribution in [0.1, 0.15) is 24.8 Å². The zero-order valence-electron chi connectivity index (χ0n) is 9.19. The summed E-state index contributed by atoms with van der Waals surface area (Å²) in [6, 6.07) is 10.5. The molecule has 82 valence electrons. The van der Waals surface area contributed by atoms with Crippen LogP contribution in [0.4, 0.5) is 0 Å². The molecule has 1 saturated heterocycles. The smallest absolute Gasteiger partial charge is 0.0725 e. The lowest BCUT2D eigenvalue weighted by Gasteiger charge is -2.25. The zero-order valence-corrected chi connectivity index (χ0v) is 9.19. The Morgan fingerprint density at radius 3 is 2.47 bits per heavy atom. The Balaban J connectivity index is 1.66. The molecule has 1 aliphatic heterocycles. The van der Waals surface area contributed by atoms with Crippen molar-refractivity contribution in [3.05, 3.63) is 35.9 Å². The molecule has 2 heteroatoms. The first-order valence-corrected chi connectivity index (χ1v) is 5.87. The molecule has 2 rings (SSSR count). The lowest BCUT2D eigenvalue weighted by molar-refractivity contribution is -0.167. The van der Waals surface area contributed by atoms with Crippen LogP contribution in [-0.2, 0) is 11.3 Å². The summed E-state index contributed by atoms with van der Waals surface area (Å²) in [5.41, 5.74) is 1.36. The first kappa shape index (κ1) is 10.7. The Morgan fingerprint density at radius 2 is 1.73 bits per heavy atom. The van der Waals surface area contributed by atoms with E-state index in [2.05, 4.69) is 35.4 Å². The Hall–Kier alpha value is -0.860. The minimum Gasteiger partial charge on any atom is -0.299 e. The highest BCUT2D eigenvalue weighted by atomic mass is 16.7. The normalized spacial score (nSPS) is 17.9. The van der Waals surface area contributed by atoms with Crippen LogP contribution in [0.25, 0.3) is 0 Å². The molecule has 0 atom stereocenters. The van der Waals surface area contributed by atoms with E-state index in [9.17, 15) is 0 Å². The van der Waals surface area contributed by atoms with Crippen LogP contribution in [0, 0.1) is 0 Å². The molecular formula is C13H19NO. The molecule has 0 amide bonds. The molecule has 1 fully saturated rings. The van der Waals surface area contributed by atoms with Crippen molar-refractivity contribution in [3.63, 3.8) is 0 Å². The number of rotatable bonds is 4. The summed E-state index contributed by atoms with van der Waals surface area (Å²) in [7, 11) is 0. The summed E-state index contributed by atoms with van der Waals surface area (Å²) in [5, 5.41) is 2.12. The molecule has 0 bridgehead atoms. The molecule has 0 N–H and O–H groups in total. The third-order valence-corrected chi connectivity index (χ3v) is 2.82. The summed E-state index contributed by atoms with van der Waals surface area (Å²) < 4.78 is 0. The van der Waals surface area contributed by atoms with E-state index in [-0.39, 0.29) is 0 Å². The molecule has 2 nitrogen and oxygen atoms in total. The molecule has 0 aliphatic carbocycles. The van der Waals surface area contributed by atoms with Gasteiger partial charge in [0.15, 0.2) is 0 Å². The molecule has 0 unspecified atom stereocenters. The van der Waals surface area contributed by atoms with Gasteiger partial charge in [-0.05, 0) is 24.8 Å². The van der Waals surface area contributed by atoms with Crippen molar-refractivity contribution in [1.82, 2.24) is 5.06 Å². The van der Waals surface area contributed by atoms with Crippen LogP contribution in [0.3, 0.4) is 0 Å². The van der Waals surface area contributed by atoms with Gasteiger partial charge in [-0.15, -0.1) is 0 Å². The Kier molecular flexibility index (Phi) is 4.18. The van der Waals surface area contributed by atoms with E-state index in [1.807, 2.05) is 0 Å². The van der Waals surface area contributed by atoms with E-state index in [0.29, 0.717) is 0 Å². The fourth-order valence-electron chi connectivity index (χ4n) is 1.93. The van der Waals surface area contributed by atoms with Gasteiger partial charge in [0.05, 0.1) is 6.61 Å². The molecule has 1 heterocycles. The van der Waals surface area contributed by atoms with Crippen LogP contribution in [0.5, 0.6) is 0 Å². The lowest BCUT2D eigenvalue weighted by atomic mass is 10.2. The molecular weight excluding hydrogens is 186 g/mol. The first-order valence-electron chi connectivity index (χ1n) is 5.87. The summed E-state index contributed by atoms with van der Waals surface area (Å²) >= 11 is 0. The van der Waals surface area contributed by atoms with E-state index < -0.39 is 0 Å². The van der Waals surface area contributed by atoms with Gasteiger partial charge in [0.25, 0.3) is 0 Å². The van der Waals surface area contributed by atoms with E-state index in [4.69, 9.17) is 4.84 Å². The number of hydrogen-bond acceptors (Lipinski definition) is 2. The third-order valence-electron chi connectivity index (χ3n) is 2.82. The quantitative estimate of drug-likeness (QED) is 0.749. The predicted octanol–water partition coefficient (Wildman–Crippen LogP) is 2.65. The van der Waals surface area contributed by atoms with Crippen molar-refractivity contribution >= 4 is 0 Å². The maximum atomic E-state index is 5.72. The number of piperidine rings is 1. The maximum absolute atomic E-state index is 5.72. The molecule has 1 aromatic carbocycles. The molecule has 0 radical (unpaired) electrons. The fraction of sp³-hybridized carbons (Fsp3) is 0.538. The number of nitrogens with zero attached hydrogens (tertiary/aromatic N) is 1. The summed E-state index contributed by atoms with van der Waals surface area (Å²) in [4.78, 5) is 5.72. The second-order valence-corrected chi connectivity index (χ2v) is 4.06. The number of benzene rings is 1. The van der Waals surface area contributed by atoms with Crippen molar-refractivity contribution in [2.24, 2.45) is 0 Å². The Morgan fingerprint density at radius 1 is 1.00 bits per heavy atom. The van der Waals surface area contributed by atoms with Crippen LogP contribution in [0.2, 0.25) is 0 Å². The summed E-state index contributed by atoms with van der Waals surface area (Å²) in [5.74, 6) is 0. The van der Waals surface area contributed by atoms with Crippen molar-refractivity contribution in [3.8, 4) is 0 Å². The minimum atomic E-state index is 0.810. The van der Waals surface area contributed by atoms with Gasteiger partial charge in [-0.3, -0.25) is 4.84 Å². The summed E-state index contributed by atoms with van der Waals surface area (Å²) in [6.07, 6.45) is 4.94. The van der Waals surface area contributed by atoms with Crippen molar-refractivity contribution in [2.75, 3.05) is 19.7 Å². The predicted molar refractivity (Wildman–Crippen MR) is 61.5 cm³/mol. The van der Waals surface area contributed by atoms with E-state index in [1.165, 1.54) is 24.8 Å². The van der Waals surface area contributed by atoms with Crippen LogP contribution in [0.15, 0.2) is 30.3 Å².